The van der Waals surface area contributed by atoms with Crippen molar-refractivity contribution in [1.29, 1.82) is 0 Å². The minimum atomic E-state index is -0.342. The number of carbonyl (C=O) groups is 1. The van der Waals surface area contributed by atoms with Gasteiger partial charge in [-0.15, -0.1) is 0 Å². The number of fused-ring (bicyclic) bond motifs is 1. The van der Waals surface area contributed by atoms with Gasteiger partial charge in [-0.1, -0.05) is 0 Å². The highest BCUT2D eigenvalue weighted by atomic mass is 19.1. The molecule has 0 saturated heterocycles. The molecule has 5 nitrogen and oxygen atoms in total. The van der Waals surface area contributed by atoms with E-state index in [2.05, 4.69) is 10.3 Å². The van der Waals surface area contributed by atoms with Crippen LogP contribution in [-0.4, -0.2) is 23.6 Å². The van der Waals surface area contributed by atoms with Crippen LogP contribution in [0.25, 0.3) is 11.1 Å². The van der Waals surface area contributed by atoms with Crippen molar-refractivity contribution in [3.63, 3.8) is 0 Å². The molecular formula is C16H19FN2O3. The summed E-state index contributed by atoms with van der Waals surface area (Å²) in [5.74, 6) is -0.445. The Labute approximate surface area is 127 Å². The maximum absolute atomic E-state index is 13.1. The quantitative estimate of drug-likeness (QED) is 0.876. The van der Waals surface area contributed by atoms with Crippen molar-refractivity contribution in [3.8, 4) is 0 Å². The number of benzene rings is 1. The maximum atomic E-state index is 13.1. The Morgan fingerprint density at radius 3 is 2.91 bits per heavy atom. The summed E-state index contributed by atoms with van der Waals surface area (Å²) in [4.78, 5) is 16.0. The Hall–Kier alpha value is -2.11. The van der Waals surface area contributed by atoms with Crippen LogP contribution in [0.5, 0.6) is 0 Å². The number of halogens is 1. The number of carbonyl (C=O) groups excluding carboxylic acids is 1. The van der Waals surface area contributed by atoms with Crippen molar-refractivity contribution in [2.24, 2.45) is 5.92 Å². The number of ether oxygens (including phenoxy) is 1. The molecule has 0 spiro atoms. The van der Waals surface area contributed by atoms with Gasteiger partial charge < -0.3 is 14.5 Å². The SMILES string of the molecule is CCOC(=O)C1CCC(Nc2nc3ccc(F)cc3o2)CC1. The Morgan fingerprint density at radius 1 is 1.41 bits per heavy atom. The second-order valence-corrected chi connectivity index (χ2v) is 5.58. The number of hydrogen-bond acceptors (Lipinski definition) is 5. The van der Waals surface area contributed by atoms with Gasteiger partial charge in [0.2, 0.25) is 0 Å². The Kier molecular flexibility index (Phi) is 4.27. The maximum Gasteiger partial charge on any atom is 0.308 e. The predicted octanol–water partition coefficient (Wildman–Crippen LogP) is 3.50. The molecule has 0 amide bonds. The van der Waals surface area contributed by atoms with E-state index in [4.69, 9.17) is 9.15 Å². The van der Waals surface area contributed by atoms with Crippen molar-refractivity contribution in [1.82, 2.24) is 4.98 Å². The number of hydrogen-bond donors (Lipinski definition) is 1. The highest BCUT2D eigenvalue weighted by Crippen LogP contribution is 2.28. The fourth-order valence-electron chi connectivity index (χ4n) is 2.87. The molecule has 1 heterocycles. The zero-order valence-corrected chi connectivity index (χ0v) is 12.5. The molecule has 2 aromatic rings. The van der Waals surface area contributed by atoms with Crippen molar-refractivity contribution in [2.45, 2.75) is 38.6 Å². The van der Waals surface area contributed by atoms with Gasteiger partial charge in [0, 0.05) is 12.1 Å². The number of anilines is 1. The molecule has 1 aromatic carbocycles. The van der Waals surface area contributed by atoms with Crippen LogP contribution in [0.15, 0.2) is 22.6 Å². The molecule has 1 saturated carbocycles. The monoisotopic (exact) mass is 306 g/mol. The summed E-state index contributed by atoms with van der Waals surface area (Å²) in [6.07, 6.45) is 3.31. The standard InChI is InChI=1S/C16H19FN2O3/c1-2-21-15(20)10-3-6-12(7-4-10)18-16-19-13-8-5-11(17)9-14(13)22-16/h5,8-10,12H,2-4,6-7H2,1H3,(H,18,19). The first-order valence-corrected chi connectivity index (χ1v) is 7.65. The van der Waals surface area contributed by atoms with Crippen LogP contribution in [0.2, 0.25) is 0 Å². The zero-order valence-electron chi connectivity index (χ0n) is 12.5. The highest BCUT2D eigenvalue weighted by Gasteiger charge is 2.27. The van der Waals surface area contributed by atoms with E-state index >= 15 is 0 Å². The van der Waals surface area contributed by atoms with Crippen molar-refractivity contribution < 1.29 is 18.3 Å². The van der Waals surface area contributed by atoms with E-state index in [1.165, 1.54) is 12.1 Å². The van der Waals surface area contributed by atoms with E-state index in [1.807, 2.05) is 6.92 Å². The molecule has 0 unspecified atom stereocenters. The summed E-state index contributed by atoms with van der Waals surface area (Å²) >= 11 is 0. The van der Waals surface area contributed by atoms with E-state index in [0.717, 1.165) is 25.7 Å². The third kappa shape index (κ3) is 3.21. The van der Waals surface area contributed by atoms with E-state index in [1.54, 1.807) is 6.07 Å². The van der Waals surface area contributed by atoms with Gasteiger partial charge in [0.25, 0.3) is 6.01 Å². The minimum Gasteiger partial charge on any atom is -0.466 e. The van der Waals surface area contributed by atoms with Gasteiger partial charge in [0.05, 0.1) is 12.5 Å². The molecule has 1 aliphatic rings. The summed E-state index contributed by atoms with van der Waals surface area (Å²) < 4.78 is 23.7. The Morgan fingerprint density at radius 2 is 2.18 bits per heavy atom. The molecule has 1 aromatic heterocycles. The molecule has 1 N–H and O–H groups in total. The molecule has 3 rings (SSSR count). The molecule has 118 valence electrons. The number of rotatable bonds is 4. The second kappa shape index (κ2) is 6.34. The lowest BCUT2D eigenvalue weighted by Gasteiger charge is -2.27. The van der Waals surface area contributed by atoms with Gasteiger partial charge in [0.15, 0.2) is 5.58 Å². The molecule has 0 bridgehead atoms. The summed E-state index contributed by atoms with van der Waals surface area (Å²) in [6.45, 7) is 2.25. The molecule has 0 aliphatic heterocycles. The lowest BCUT2D eigenvalue weighted by atomic mass is 9.86. The molecule has 1 fully saturated rings. The third-order valence-corrected chi connectivity index (χ3v) is 4.03. The van der Waals surface area contributed by atoms with Gasteiger partial charge in [0.1, 0.15) is 11.3 Å². The highest BCUT2D eigenvalue weighted by molar-refractivity contribution is 5.74. The van der Waals surface area contributed by atoms with Gasteiger partial charge >= 0.3 is 5.97 Å². The van der Waals surface area contributed by atoms with Crippen molar-refractivity contribution in [3.05, 3.63) is 24.0 Å². The van der Waals surface area contributed by atoms with E-state index in [0.29, 0.717) is 23.7 Å². The first-order chi connectivity index (χ1) is 10.7. The van der Waals surface area contributed by atoms with Crippen molar-refractivity contribution >= 4 is 23.1 Å². The van der Waals surface area contributed by atoms with E-state index in [-0.39, 0.29) is 23.7 Å². The number of nitrogens with zero attached hydrogens (tertiary/aromatic N) is 1. The Balaban J connectivity index is 1.58. The average molecular weight is 306 g/mol. The first kappa shape index (κ1) is 14.8. The second-order valence-electron chi connectivity index (χ2n) is 5.58. The van der Waals surface area contributed by atoms with Gasteiger partial charge in [-0.25, -0.2) is 4.39 Å². The minimum absolute atomic E-state index is 0.00396. The largest absolute Gasteiger partial charge is 0.466 e. The molecule has 6 heteroatoms. The summed E-state index contributed by atoms with van der Waals surface area (Å²) in [5.41, 5.74) is 1.06. The van der Waals surface area contributed by atoms with Crippen LogP contribution in [0, 0.1) is 11.7 Å². The first-order valence-electron chi connectivity index (χ1n) is 7.65. The fraction of sp³-hybridized carbons (Fsp3) is 0.500. The van der Waals surface area contributed by atoms with Gasteiger partial charge in [-0.2, -0.15) is 4.98 Å². The predicted molar refractivity (Wildman–Crippen MR) is 80.0 cm³/mol. The number of aromatic nitrogens is 1. The lowest BCUT2D eigenvalue weighted by molar-refractivity contribution is -0.149. The normalized spacial score (nSPS) is 21.7. The third-order valence-electron chi connectivity index (χ3n) is 4.03. The molecule has 0 atom stereocenters. The molecular weight excluding hydrogens is 287 g/mol. The molecule has 1 aliphatic carbocycles. The van der Waals surface area contributed by atoms with E-state index in [9.17, 15) is 9.18 Å². The van der Waals surface area contributed by atoms with Crippen molar-refractivity contribution in [2.75, 3.05) is 11.9 Å². The topological polar surface area (TPSA) is 64.4 Å². The lowest BCUT2D eigenvalue weighted by Crippen LogP contribution is -2.30. The number of esters is 1. The van der Waals surface area contributed by atoms with Gasteiger partial charge in [-0.05, 0) is 44.7 Å². The van der Waals surface area contributed by atoms with Crippen LogP contribution in [-0.2, 0) is 9.53 Å². The fourth-order valence-corrected chi connectivity index (χ4v) is 2.87. The zero-order chi connectivity index (χ0) is 15.5. The molecule has 0 radical (unpaired) electrons. The van der Waals surface area contributed by atoms with Crippen LogP contribution in [0.4, 0.5) is 10.4 Å². The average Bonchev–Trinajstić information content (AvgIpc) is 2.89. The number of nitrogens with one attached hydrogen (secondary N) is 1. The van der Waals surface area contributed by atoms with Gasteiger partial charge in [-0.3, -0.25) is 4.79 Å². The smallest absolute Gasteiger partial charge is 0.308 e. The van der Waals surface area contributed by atoms with Crippen LogP contribution >= 0.6 is 0 Å². The van der Waals surface area contributed by atoms with Crippen LogP contribution < -0.4 is 5.32 Å². The van der Waals surface area contributed by atoms with E-state index < -0.39 is 0 Å². The summed E-state index contributed by atoms with van der Waals surface area (Å²) in [6, 6.07) is 4.89. The Bertz CT molecular complexity index is 662. The summed E-state index contributed by atoms with van der Waals surface area (Å²) in [5, 5.41) is 3.23. The molecule has 22 heavy (non-hydrogen) atoms. The summed E-state index contributed by atoms with van der Waals surface area (Å²) in [7, 11) is 0. The number of oxazole rings is 1. The van der Waals surface area contributed by atoms with Crippen LogP contribution in [0.1, 0.15) is 32.6 Å². The van der Waals surface area contributed by atoms with Crippen LogP contribution in [0.3, 0.4) is 0 Å².